The lowest BCUT2D eigenvalue weighted by Crippen LogP contribution is -2.18. The van der Waals surface area contributed by atoms with Crippen LogP contribution in [0.15, 0.2) is 12.4 Å². The molecule has 2 aliphatic rings. The number of aromatic nitrogens is 2. The highest BCUT2D eigenvalue weighted by Gasteiger charge is 2.38. The van der Waals surface area contributed by atoms with E-state index in [1.807, 2.05) is 6.92 Å². The van der Waals surface area contributed by atoms with Crippen LogP contribution in [0.25, 0.3) is 0 Å². The average molecular weight is 217 g/mol. The van der Waals surface area contributed by atoms with Crippen molar-refractivity contribution in [2.45, 2.75) is 26.2 Å². The van der Waals surface area contributed by atoms with E-state index in [1.54, 1.807) is 6.33 Å². The molecule has 2 fully saturated rings. The van der Waals surface area contributed by atoms with Gasteiger partial charge in [-0.25, -0.2) is 9.97 Å². The molecule has 3 unspecified atom stereocenters. The molecule has 1 N–H and O–H groups in total. The van der Waals surface area contributed by atoms with Crippen molar-refractivity contribution < 1.29 is 0 Å². The summed E-state index contributed by atoms with van der Waals surface area (Å²) in [4.78, 5) is 8.54. The number of rotatable bonds is 2. The van der Waals surface area contributed by atoms with Crippen molar-refractivity contribution in [2.75, 3.05) is 13.1 Å². The molecule has 2 heterocycles. The van der Waals surface area contributed by atoms with Gasteiger partial charge in [0.25, 0.3) is 0 Å². The second kappa shape index (κ2) is 4.13. The minimum atomic E-state index is 0.842. The van der Waals surface area contributed by atoms with Crippen molar-refractivity contribution in [3.63, 3.8) is 0 Å². The van der Waals surface area contributed by atoms with E-state index in [4.69, 9.17) is 0 Å². The van der Waals surface area contributed by atoms with E-state index in [-0.39, 0.29) is 0 Å². The summed E-state index contributed by atoms with van der Waals surface area (Å²) in [6.07, 6.45) is 5.64. The monoisotopic (exact) mass is 217 g/mol. The third-order valence-electron chi connectivity index (χ3n) is 4.24. The molecule has 1 aliphatic carbocycles. The Balaban J connectivity index is 1.71. The Hall–Kier alpha value is -0.960. The molecule has 1 aromatic heterocycles. The van der Waals surface area contributed by atoms with Crippen molar-refractivity contribution in [3.8, 4) is 0 Å². The quantitative estimate of drug-likeness (QED) is 0.817. The fraction of sp³-hybridized carbons (Fsp3) is 0.692. The van der Waals surface area contributed by atoms with Crippen LogP contribution >= 0.6 is 0 Å². The Morgan fingerprint density at radius 2 is 2.25 bits per heavy atom. The van der Waals surface area contributed by atoms with Crippen LogP contribution in [0.1, 0.15) is 24.2 Å². The van der Waals surface area contributed by atoms with Crippen LogP contribution in [-0.2, 0) is 6.42 Å². The molecule has 86 valence electrons. The summed E-state index contributed by atoms with van der Waals surface area (Å²) >= 11 is 0. The number of aryl methyl sites for hydroxylation is 1. The van der Waals surface area contributed by atoms with Gasteiger partial charge in [0.15, 0.2) is 0 Å². The molecule has 0 radical (unpaired) electrons. The zero-order chi connectivity index (χ0) is 11.0. The van der Waals surface area contributed by atoms with Crippen molar-refractivity contribution in [1.82, 2.24) is 15.3 Å². The van der Waals surface area contributed by atoms with Crippen LogP contribution in [0.3, 0.4) is 0 Å². The lowest BCUT2D eigenvalue weighted by Gasteiger charge is -2.17. The van der Waals surface area contributed by atoms with Gasteiger partial charge in [0.05, 0.1) is 0 Å². The molecule has 16 heavy (non-hydrogen) atoms. The van der Waals surface area contributed by atoms with Gasteiger partial charge < -0.3 is 5.32 Å². The maximum absolute atomic E-state index is 4.39. The van der Waals surface area contributed by atoms with Gasteiger partial charge >= 0.3 is 0 Å². The molecular weight excluding hydrogens is 198 g/mol. The molecule has 1 saturated carbocycles. The van der Waals surface area contributed by atoms with E-state index in [0.29, 0.717) is 0 Å². The maximum Gasteiger partial charge on any atom is 0.115 e. The summed E-state index contributed by atoms with van der Waals surface area (Å²) in [5, 5.41) is 3.52. The topological polar surface area (TPSA) is 37.8 Å². The number of hydrogen-bond donors (Lipinski definition) is 1. The summed E-state index contributed by atoms with van der Waals surface area (Å²) in [6.45, 7) is 4.50. The third-order valence-corrected chi connectivity index (χ3v) is 4.24. The normalized spacial score (nSPS) is 32.9. The van der Waals surface area contributed by atoms with Crippen molar-refractivity contribution >= 4 is 0 Å². The molecule has 3 heteroatoms. The van der Waals surface area contributed by atoms with Gasteiger partial charge in [0.1, 0.15) is 6.33 Å². The lowest BCUT2D eigenvalue weighted by atomic mass is 9.89. The first-order valence-electron chi connectivity index (χ1n) is 6.31. The van der Waals surface area contributed by atoms with Gasteiger partial charge in [0.2, 0.25) is 0 Å². The van der Waals surface area contributed by atoms with Gasteiger partial charge in [0, 0.05) is 11.4 Å². The molecule has 1 saturated heterocycles. The van der Waals surface area contributed by atoms with E-state index in [2.05, 4.69) is 21.4 Å². The maximum atomic E-state index is 4.39. The molecule has 1 aromatic rings. The van der Waals surface area contributed by atoms with Gasteiger partial charge in [-0.15, -0.1) is 0 Å². The van der Waals surface area contributed by atoms with E-state index >= 15 is 0 Å². The zero-order valence-corrected chi connectivity index (χ0v) is 9.82. The summed E-state index contributed by atoms with van der Waals surface area (Å²) in [7, 11) is 0. The lowest BCUT2D eigenvalue weighted by molar-refractivity contribution is 0.371. The van der Waals surface area contributed by atoms with Crippen LogP contribution in [0.4, 0.5) is 0 Å². The predicted octanol–water partition coefficient (Wildman–Crippen LogP) is 1.57. The van der Waals surface area contributed by atoms with Crippen molar-refractivity contribution in [1.29, 1.82) is 0 Å². The number of fused-ring (bicyclic) bond motifs is 1. The van der Waals surface area contributed by atoms with Crippen molar-refractivity contribution in [3.05, 3.63) is 23.8 Å². The first-order valence-corrected chi connectivity index (χ1v) is 6.31. The number of nitrogens with one attached hydrogen (secondary N) is 1. The molecular formula is C13H19N3. The highest BCUT2D eigenvalue weighted by atomic mass is 14.9. The Bertz CT molecular complexity index is 377. The Labute approximate surface area is 96.7 Å². The van der Waals surface area contributed by atoms with E-state index in [1.165, 1.54) is 31.6 Å². The van der Waals surface area contributed by atoms with E-state index in [0.717, 1.165) is 29.9 Å². The minimum absolute atomic E-state index is 0.842. The highest BCUT2D eigenvalue weighted by Crippen LogP contribution is 2.40. The van der Waals surface area contributed by atoms with Crippen LogP contribution in [0.5, 0.6) is 0 Å². The first-order chi connectivity index (χ1) is 7.83. The summed E-state index contributed by atoms with van der Waals surface area (Å²) in [6, 6.07) is 2.13. The summed E-state index contributed by atoms with van der Waals surface area (Å²) in [5.41, 5.74) is 2.31. The summed E-state index contributed by atoms with van der Waals surface area (Å²) < 4.78 is 0. The van der Waals surface area contributed by atoms with Gasteiger partial charge in [-0.2, -0.15) is 0 Å². The number of nitrogens with zero attached hydrogens (tertiary/aromatic N) is 2. The molecule has 3 rings (SSSR count). The molecule has 0 spiro atoms. The minimum Gasteiger partial charge on any atom is -0.316 e. The molecule has 1 aliphatic heterocycles. The van der Waals surface area contributed by atoms with Gasteiger partial charge in [-0.05, 0) is 63.1 Å². The van der Waals surface area contributed by atoms with Crippen LogP contribution in [-0.4, -0.2) is 23.1 Å². The molecule has 3 nitrogen and oxygen atoms in total. The highest BCUT2D eigenvalue weighted by molar-refractivity contribution is 5.08. The zero-order valence-electron chi connectivity index (χ0n) is 9.82. The second-order valence-electron chi connectivity index (χ2n) is 5.27. The van der Waals surface area contributed by atoms with Gasteiger partial charge in [-0.1, -0.05) is 0 Å². The van der Waals surface area contributed by atoms with Crippen LogP contribution in [0, 0.1) is 24.7 Å². The second-order valence-corrected chi connectivity index (χ2v) is 5.27. The van der Waals surface area contributed by atoms with Crippen molar-refractivity contribution in [2.24, 2.45) is 17.8 Å². The fourth-order valence-electron chi connectivity index (χ4n) is 3.41. The smallest absolute Gasteiger partial charge is 0.115 e. The Morgan fingerprint density at radius 1 is 1.31 bits per heavy atom. The molecule has 3 atom stereocenters. The average Bonchev–Trinajstić information content (AvgIpc) is 2.83. The van der Waals surface area contributed by atoms with Crippen LogP contribution < -0.4 is 5.32 Å². The van der Waals surface area contributed by atoms with Gasteiger partial charge in [-0.3, -0.25) is 0 Å². The Kier molecular flexibility index (Phi) is 2.64. The SMILES string of the molecule is Cc1cc(CC2CCC3CNCC32)ncn1. The fourth-order valence-corrected chi connectivity index (χ4v) is 3.41. The van der Waals surface area contributed by atoms with E-state index < -0.39 is 0 Å². The van der Waals surface area contributed by atoms with Crippen LogP contribution in [0.2, 0.25) is 0 Å². The molecule has 0 bridgehead atoms. The van der Waals surface area contributed by atoms with E-state index in [9.17, 15) is 0 Å². The first kappa shape index (κ1) is 10.2. The predicted molar refractivity (Wildman–Crippen MR) is 63.0 cm³/mol. The largest absolute Gasteiger partial charge is 0.316 e. The standard InChI is InChI=1S/C13H19N3/c1-9-4-12(16-8-15-9)5-10-2-3-11-6-14-7-13(10)11/h4,8,10-11,13-14H,2-3,5-7H2,1H3. The Morgan fingerprint density at radius 3 is 3.12 bits per heavy atom. The molecule has 0 amide bonds. The third kappa shape index (κ3) is 1.84. The summed E-state index contributed by atoms with van der Waals surface area (Å²) in [5.74, 6) is 2.68. The molecule has 0 aromatic carbocycles. The number of hydrogen-bond acceptors (Lipinski definition) is 3.